The van der Waals surface area contributed by atoms with Gasteiger partial charge in [-0.3, -0.25) is 9.88 Å². The summed E-state index contributed by atoms with van der Waals surface area (Å²) in [6.07, 6.45) is 11.9. The molecule has 1 saturated heterocycles. The van der Waals surface area contributed by atoms with Crippen molar-refractivity contribution in [1.82, 2.24) is 19.3 Å². The van der Waals surface area contributed by atoms with Crippen LogP contribution in [-0.2, 0) is 0 Å². The Hall–Kier alpha value is -2.24. The van der Waals surface area contributed by atoms with E-state index < -0.39 is 0 Å². The molecule has 0 aliphatic carbocycles. The Morgan fingerprint density at radius 3 is 2.81 bits per heavy atom. The minimum Gasteiger partial charge on any atom is -0.330 e. The highest BCUT2D eigenvalue weighted by molar-refractivity contribution is 5.40. The number of aromatic nitrogens is 3. The molecule has 142 valence electrons. The summed E-state index contributed by atoms with van der Waals surface area (Å²) in [6.45, 7) is 3.96. The van der Waals surface area contributed by atoms with E-state index in [0.29, 0.717) is 12.1 Å². The minimum absolute atomic E-state index is 0.336. The molecule has 1 aliphatic rings. The third-order valence-electron chi connectivity index (χ3n) is 5.72. The van der Waals surface area contributed by atoms with Crippen molar-refractivity contribution in [1.29, 1.82) is 0 Å². The highest BCUT2D eigenvalue weighted by atomic mass is 15.2. The third-order valence-corrected chi connectivity index (χ3v) is 5.72. The van der Waals surface area contributed by atoms with Crippen LogP contribution in [0.1, 0.15) is 61.1 Å². The largest absolute Gasteiger partial charge is 0.330 e. The quantitative estimate of drug-likeness (QED) is 0.671. The molecule has 1 fully saturated rings. The number of nitrogens with zero attached hydrogens (tertiary/aromatic N) is 4. The van der Waals surface area contributed by atoms with Crippen molar-refractivity contribution in [3.63, 3.8) is 0 Å². The SMILES string of the molecule is Cc1cccnc1C1CCCC(c2cn3ccccc3n2)N1CCCCN. The van der Waals surface area contributed by atoms with E-state index >= 15 is 0 Å². The molecule has 2 unspecified atom stereocenters. The molecular weight excluding hydrogens is 334 g/mol. The second-order valence-electron chi connectivity index (χ2n) is 7.53. The van der Waals surface area contributed by atoms with E-state index in [-0.39, 0.29) is 0 Å². The first-order chi connectivity index (χ1) is 13.3. The maximum absolute atomic E-state index is 5.76. The molecule has 0 aromatic carbocycles. The Balaban J connectivity index is 1.68. The van der Waals surface area contributed by atoms with E-state index in [2.05, 4.69) is 46.8 Å². The number of hydrogen-bond acceptors (Lipinski definition) is 4. The summed E-state index contributed by atoms with van der Waals surface area (Å²) < 4.78 is 2.13. The number of unbranched alkanes of at least 4 members (excludes halogenated alkanes) is 1. The van der Waals surface area contributed by atoms with Crippen LogP contribution in [0.3, 0.4) is 0 Å². The lowest BCUT2D eigenvalue weighted by atomic mass is 9.90. The zero-order valence-corrected chi connectivity index (χ0v) is 16.1. The molecule has 0 amide bonds. The summed E-state index contributed by atoms with van der Waals surface area (Å²) in [5.74, 6) is 0. The highest BCUT2D eigenvalue weighted by Crippen LogP contribution is 2.41. The monoisotopic (exact) mass is 363 g/mol. The minimum atomic E-state index is 0.336. The smallest absolute Gasteiger partial charge is 0.137 e. The van der Waals surface area contributed by atoms with Gasteiger partial charge >= 0.3 is 0 Å². The predicted octanol–water partition coefficient (Wildman–Crippen LogP) is 4.04. The van der Waals surface area contributed by atoms with Crippen LogP contribution < -0.4 is 5.73 Å². The Morgan fingerprint density at radius 2 is 2.00 bits per heavy atom. The number of likely N-dealkylation sites (tertiary alicyclic amines) is 1. The normalized spacial score (nSPS) is 21.0. The predicted molar refractivity (Wildman–Crippen MR) is 108 cm³/mol. The van der Waals surface area contributed by atoms with Crippen molar-refractivity contribution < 1.29 is 0 Å². The fourth-order valence-corrected chi connectivity index (χ4v) is 4.38. The van der Waals surface area contributed by atoms with Crippen molar-refractivity contribution in [3.05, 3.63) is 65.9 Å². The Kier molecular flexibility index (Phi) is 5.50. The number of imidazole rings is 1. The first-order valence-electron chi connectivity index (χ1n) is 10.1. The van der Waals surface area contributed by atoms with E-state index in [9.17, 15) is 0 Å². The summed E-state index contributed by atoms with van der Waals surface area (Å²) >= 11 is 0. The van der Waals surface area contributed by atoms with E-state index in [1.807, 2.05) is 18.3 Å². The van der Waals surface area contributed by atoms with Crippen molar-refractivity contribution in [2.24, 2.45) is 5.73 Å². The summed E-state index contributed by atoms with van der Waals surface area (Å²) in [4.78, 5) is 12.3. The number of pyridine rings is 2. The van der Waals surface area contributed by atoms with Crippen molar-refractivity contribution >= 4 is 5.65 Å². The molecule has 5 heteroatoms. The average molecular weight is 364 g/mol. The zero-order chi connectivity index (χ0) is 18.6. The summed E-state index contributed by atoms with van der Waals surface area (Å²) in [5.41, 5.74) is 10.5. The van der Waals surface area contributed by atoms with Gasteiger partial charge in [-0.1, -0.05) is 12.1 Å². The van der Waals surface area contributed by atoms with Crippen molar-refractivity contribution in [2.75, 3.05) is 13.1 Å². The lowest BCUT2D eigenvalue weighted by Gasteiger charge is -2.41. The van der Waals surface area contributed by atoms with E-state index in [1.54, 1.807) is 0 Å². The van der Waals surface area contributed by atoms with Gasteiger partial charge in [-0.2, -0.15) is 0 Å². The summed E-state index contributed by atoms with van der Waals surface area (Å²) in [6, 6.07) is 11.1. The lowest BCUT2D eigenvalue weighted by molar-refractivity contribution is 0.0751. The average Bonchev–Trinajstić information content (AvgIpc) is 3.13. The molecule has 0 saturated carbocycles. The molecule has 0 radical (unpaired) electrons. The Morgan fingerprint density at radius 1 is 1.11 bits per heavy atom. The molecule has 0 bridgehead atoms. The number of fused-ring (bicyclic) bond motifs is 1. The van der Waals surface area contributed by atoms with E-state index in [4.69, 9.17) is 15.7 Å². The molecule has 3 aromatic rings. The number of rotatable bonds is 6. The molecular formula is C22H29N5. The maximum Gasteiger partial charge on any atom is 0.137 e. The maximum atomic E-state index is 5.76. The van der Waals surface area contributed by atoms with Gasteiger partial charge in [0.1, 0.15) is 5.65 Å². The van der Waals surface area contributed by atoms with E-state index in [1.165, 1.54) is 23.4 Å². The molecule has 2 N–H and O–H groups in total. The molecule has 4 heterocycles. The van der Waals surface area contributed by atoms with Crippen LogP contribution in [0.25, 0.3) is 5.65 Å². The van der Waals surface area contributed by atoms with Gasteiger partial charge in [-0.25, -0.2) is 4.98 Å². The van der Waals surface area contributed by atoms with Crippen LogP contribution in [0.4, 0.5) is 0 Å². The second kappa shape index (κ2) is 8.19. The third kappa shape index (κ3) is 3.75. The van der Waals surface area contributed by atoms with Crippen LogP contribution in [0.5, 0.6) is 0 Å². The molecule has 3 aromatic heterocycles. The van der Waals surface area contributed by atoms with Crippen LogP contribution in [0.15, 0.2) is 48.9 Å². The number of aryl methyl sites for hydroxylation is 1. The highest BCUT2D eigenvalue weighted by Gasteiger charge is 2.34. The molecule has 0 spiro atoms. The van der Waals surface area contributed by atoms with Gasteiger partial charge < -0.3 is 10.1 Å². The van der Waals surface area contributed by atoms with Gasteiger partial charge in [0.05, 0.1) is 23.5 Å². The molecule has 4 rings (SSSR count). The second-order valence-corrected chi connectivity index (χ2v) is 7.53. The lowest BCUT2D eigenvalue weighted by Crippen LogP contribution is -2.38. The molecule has 5 nitrogen and oxygen atoms in total. The molecule has 27 heavy (non-hydrogen) atoms. The van der Waals surface area contributed by atoms with Gasteiger partial charge in [-0.15, -0.1) is 0 Å². The van der Waals surface area contributed by atoms with Crippen LogP contribution in [-0.4, -0.2) is 32.4 Å². The number of hydrogen-bond donors (Lipinski definition) is 1. The van der Waals surface area contributed by atoms with Gasteiger partial charge in [-0.05, 0) is 75.9 Å². The Bertz CT molecular complexity index is 854. The van der Waals surface area contributed by atoms with Gasteiger partial charge in [0.25, 0.3) is 0 Å². The van der Waals surface area contributed by atoms with Crippen LogP contribution in [0, 0.1) is 6.92 Å². The van der Waals surface area contributed by atoms with Crippen molar-refractivity contribution in [2.45, 2.75) is 51.1 Å². The zero-order valence-electron chi connectivity index (χ0n) is 16.1. The topological polar surface area (TPSA) is 59.5 Å². The first-order valence-corrected chi connectivity index (χ1v) is 10.1. The standard InChI is InChI=1S/C22H29N5/c1-17-8-7-13-24-22(17)20-10-6-9-19(27(20)15-5-3-12-23)18-16-26-14-4-2-11-21(26)25-18/h2,4,7-8,11,13-14,16,19-20H,3,5-6,9-10,12,15,23H2,1H3. The summed E-state index contributed by atoms with van der Waals surface area (Å²) in [7, 11) is 0. The molecule has 2 atom stereocenters. The van der Waals surface area contributed by atoms with Gasteiger partial charge in [0.2, 0.25) is 0 Å². The van der Waals surface area contributed by atoms with E-state index in [0.717, 1.165) is 44.4 Å². The van der Waals surface area contributed by atoms with Gasteiger partial charge in [0, 0.05) is 18.6 Å². The van der Waals surface area contributed by atoms with Crippen LogP contribution >= 0.6 is 0 Å². The van der Waals surface area contributed by atoms with Crippen LogP contribution in [0.2, 0.25) is 0 Å². The number of nitrogens with two attached hydrogens (primary N) is 1. The fraction of sp³-hybridized carbons (Fsp3) is 0.455. The first kappa shape index (κ1) is 18.1. The van der Waals surface area contributed by atoms with Gasteiger partial charge in [0.15, 0.2) is 0 Å². The Labute approximate surface area is 161 Å². The summed E-state index contributed by atoms with van der Waals surface area (Å²) in [5, 5.41) is 0. The fourth-order valence-electron chi connectivity index (χ4n) is 4.38. The van der Waals surface area contributed by atoms with Crippen molar-refractivity contribution in [3.8, 4) is 0 Å². The molecule has 1 aliphatic heterocycles. The number of piperidine rings is 1.